The van der Waals surface area contributed by atoms with Gasteiger partial charge in [-0.05, 0) is 25.0 Å². The fourth-order valence-electron chi connectivity index (χ4n) is 2.27. The minimum absolute atomic E-state index is 0.503. The highest BCUT2D eigenvalue weighted by molar-refractivity contribution is 5.83. The molecule has 0 atom stereocenters. The highest BCUT2D eigenvalue weighted by Crippen LogP contribution is 2.25. The minimum Gasteiger partial charge on any atom is -0.353 e. The summed E-state index contributed by atoms with van der Waals surface area (Å²) in [7, 11) is 5.46. The number of methoxy groups -OCH3 is 2. The molecule has 0 amide bonds. The van der Waals surface area contributed by atoms with Gasteiger partial charge in [-0.2, -0.15) is 0 Å². The lowest BCUT2D eigenvalue weighted by Crippen LogP contribution is -2.30. The maximum Gasteiger partial charge on any atom is 0.165 e. The summed E-state index contributed by atoms with van der Waals surface area (Å²) in [5.74, 6) is -0.503. The Hall–Kier alpha value is -1.32. The fraction of sp³-hybridized carbons (Fsp3) is 0.467. The van der Waals surface area contributed by atoms with Crippen LogP contribution in [0.25, 0.3) is 10.9 Å². The number of rotatable bonds is 5. The van der Waals surface area contributed by atoms with Gasteiger partial charge in [0.1, 0.15) is 0 Å². The molecule has 0 N–H and O–H groups in total. The molecule has 98 valence electrons. The molecule has 3 nitrogen and oxygen atoms in total. The van der Waals surface area contributed by atoms with Gasteiger partial charge in [0, 0.05) is 44.8 Å². The molecule has 0 aliphatic carbocycles. The fourth-order valence-corrected chi connectivity index (χ4v) is 2.27. The van der Waals surface area contributed by atoms with E-state index in [2.05, 4.69) is 42.1 Å². The number of benzene rings is 1. The first-order chi connectivity index (χ1) is 8.59. The first-order valence-electron chi connectivity index (χ1n) is 6.23. The van der Waals surface area contributed by atoms with Crippen LogP contribution in [0.2, 0.25) is 0 Å². The van der Waals surface area contributed by atoms with Gasteiger partial charge in [-0.3, -0.25) is 0 Å². The third-order valence-electron chi connectivity index (χ3n) is 3.69. The summed E-state index contributed by atoms with van der Waals surface area (Å²) in [6, 6.07) is 8.46. The van der Waals surface area contributed by atoms with Gasteiger partial charge < -0.3 is 14.0 Å². The summed E-state index contributed by atoms with van der Waals surface area (Å²) in [6.45, 7) is 1.97. The molecule has 1 heterocycles. The zero-order valence-corrected chi connectivity index (χ0v) is 11.6. The van der Waals surface area contributed by atoms with Gasteiger partial charge >= 0.3 is 0 Å². The third-order valence-corrected chi connectivity index (χ3v) is 3.69. The lowest BCUT2D eigenvalue weighted by Gasteiger charge is -2.26. The predicted octanol–water partition coefficient (Wildman–Crippen LogP) is 3.12. The van der Waals surface area contributed by atoms with Crippen LogP contribution in [0, 0.1) is 0 Å². The molecule has 18 heavy (non-hydrogen) atoms. The zero-order valence-electron chi connectivity index (χ0n) is 11.6. The highest BCUT2D eigenvalue weighted by Gasteiger charge is 2.22. The van der Waals surface area contributed by atoms with Crippen LogP contribution in [0.3, 0.4) is 0 Å². The van der Waals surface area contributed by atoms with Crippen LogP contribution in [0.1, 0.15) is 18.9 Å². The van der Waals surface area contributed by atoms with Crippen molar-refractivity contribution in [3.05, 3.63) is 36.0 Å². The summed E-state index contributed by atoms with van der Waals surface area (Å²) < 4.78 is 13.0. The average Bonchev–Trinajstić information content (AvgIpc) is 2.74. The van der Waals surface area contributed by atoms with Gasteiger partial charge in [-0.1, -0.05) is 18.2 Å². The van der Waals surface area contributed by atoms with E-state index >= 15 is 0 Å². The van der Waals surface area contributed by atoms with Crippen LogP contribution >= 0.6 is 0 Å². The molecule has 0 saturated heterocycles. The van der Waals surface area contributed by atoms with Crippen molar-refractivity contribution in [2.45, 2.75) is 25.6 Å². The Morgan fingerprint density at radius 3 is 2.50 bits per heavy atom. The number of hydrogen-bond acceptors (Lipinski definition) is 2. The second kappa shape index (κ2) is 5.12. The van der Waals surface area contributed by atoms with E-state index in [0.29, 0.717) is 0 Å². The van der Waals surface area contributed by atoms with E-state index < -0.39 is 5.79 Å². The Kier molecular flexibility index (Phi) is 3.73. The van der Waals surface area contributed by atoms with Crippen molar-refractivity contribution in [3.63, 3.8) is 0 Å². The molecule has 0 saturated carbocycles. The van der Waals surface area contributed by atoms with E-state index in [1.54, 1.807) is 14.2 Å². The van der Waals surface area contributed by atoms with E-state index in [-0.39, 0.29) is 0 Å². The normalized spacial score (nSPS) is 12.2. The molecule has 3 heteroatoms. The van der Waals surface area contributed by atoms with E-state index in [9.17, 15) is 0 Å². The van der Waals surface area contributed by atoms with Crippen molar-refractivity contribution in [2.75, 3.05) is 14.2 Å². The molecule has 2 aromatic rings. The molecule has 0 aliphatic heterocycles. The zero-order chi connectivity index (χ0) is 13.2. The molecule has 0 aliphatic rings. The molecule has 0 radical (unpaired) electrons. The monoisotopic (exact) mass is 247 g/mol. The number of aryl methyl sites for hydroxylation is 2. The molecular formula is C15H21NO2. The molecule has 0 spiro atoms. The first-order valence-corrected chi connectivity index (χ1v) is 6.23. The van der Waals surface area contributed by atoms with Crippen molar-refractivity contribution >= 4 is 10.9 Å². The number of hydrogen-bond donors (Lipinski definition) is 0. The van der Waals surface area contributed by atoms with Crippen molar-refractivity contribution in [3.8, 4) is 0 Å². The summed E-state index contributed by atoms with van der Waals surface area (Å²) in [5, 5.41) is 1.31. The molecular weight excluding hydrogens is 226 g/mol. The third kappa shape index (κ3) is 2.42. The number of aromatic nitrogens is 1. The van der Waals surface area contributed by atoms with E-state index in [1.165, 1.54) is 16.5 Å². The Morgan fingerprint density at radius 1 is 1.17 bits per heavy atom. The SMILES string of the molecule is COC(C)(CCc1cn(C)c2ccccc12)OC. The van der Waals surface area contributed by atoms with E-state index in [4.69, 9.17) is 9.47 Å². The van der Waals surface area contributed by atoms with Crippen LogP contribution < -0.4 is 0 Å². The summed E-state index contributed by atoms with van der Waals surface area (Å²) >= 11 is 0. The maximum absolute atomic E-state index is 5.40. The van der Waals surface area contributed by atoms with Gasteiger partial charge in [-0.15, -0.1) is 0 Å². The lowest BCUT2D eigenvalue weighted by atomic mass is 10.0. The molecule has 2 rings (SSSR count). The molecule has 0 unspecified atom stereocenters. The number of fused-ring (bicyclic) bond motifs is 1. The Morgan fingerprint density at radius 2 is 1.83 bits per heavy atom. The second-order valence-corrected chi connectivity index (χ2v) is 4.82. The van der Waals surface area contributed by atoms with Gasteiger partial charge in [0.25, 0.3) is 0 Å². The van der Waals surface area contributed by atoms with Crippen molar-refractivity contribution in [1.29, 1.82) is 0 Å². The summed E-state index contributed by atoms with van der Waals surface area (Å²) in [4.78, 5) is 0. The van der Waals surface area contributed by atoms with Crippen LogP contribution in [0.15, 0.2) is 30.5 Å². The predicted molar refractivity (Wildman–Crippen MR) is 73.7 cm³/mol. The number of ether oxygens (including phenoxy) is 2. The Balaban J connectivity index is 2.22. The van der Waals surface area contributed by atoms with Gasteiger partial charge in [0.15, 0.2) is 5.79 Å². The Bertz CT molecular complexity index is 526. The van der Waals surface area contributed by atoms with Crippen LogP contribution in [0.5, 0.6) is 0 Å². The van der Waals surface area contributed by atoms with Crippen LogP contribution in [-0.2, 0) is 22.9 Å². The second-order valence-electron chi connectivity index (χ2n) is 4.82. The minimum atomic E-state index is -0.503. The van der Waals surface area contributed by atoms with Gasteiger partial charge in [0.05, 0.1) is 0 Å². The molecule has 1 aromatic carbocycles. The highest BCUT2D eigenvalue weighted by atomic mass is 16.7. The maximum atomic E-state index is 5.40. The van der Waals surface area contributed by atoms with Crippen LogP contribution in [-0.4, -0.2) is 24.6 Å². The Labute approximate surface area is 108 Å². The number of para-hydroxylation sites is 1. The largest absolute Gasteiger partial charge is 0.353 e. The van der Waals surface area contributed by atoms with Gasteiger partial charge in [-0.25, -0.2) is 0 Å². The van der Waals surface area contributed by atoms with Crippen molar-refractivity contribution in [1.82, 2.24) is 4.57 Å². The molecule has 1 aromatic heterocycles. The van der Waals surface area contributed by atoms with Crippen molar-refractivity contribution in [2.24, 2.45) is 7.05 Å². The molecule has 0 bridgehead atoms. The first kappa shape index (κ1) is 13.1. The van der Waals surface area contributed by atoms with E-state index in [1.807, 2.05) is 6.92 Å². The summed E-state index contributed by atoms with van der Waals surface area (Å²) in [6.07, 6.45) is 3.98. The van der Waals surface area contributed by atoms with E-state index in [0.717, 1.165) is 12.8 Å². The smallest absolute Gasteiger partial charge is 0.165 e. The van der Waals surface area contributed by atoms with Gasteiger partial charge in [0.2, 0.25) is 0 Å². The topological polar surface area (TPSA) is 23.4 Å². The van der Waals surface area contributed by atoms with Crippen LogP contribution in [0.4, 0.5) is 0 Å². The number of nitrogens with zero attached hydrogens (tertiary/aromatic N) is 1. The van der Waals surface area contributed by atoms with Crippen molar-refractivity contribution < 1.29 is 9.47 Å². The quantitative estimate of drug-likeness (QED) is 0.758. The lowest BCUT2D eigenvalue weighted by molar-refractivity contribution is -0.196. The average molecular weight is 247 g/mol. The summed E-state index contributed by atoms with van der Waals surface area (Å²) in [5.41, 5.74) is 2.61. The molecule has 0 fully saturated rings. The standard InChI is InChI=1S/C15H21NO2/c1-15(17-3,18-4)10-9-12-11-16(2)14-8-6-5-7-13(12)14/h5-8,11H,9-10H2,1-4H3.